The maximum absolute atomic E-state index is 12.2. The molecule has 1 heterocycles. The first-order chi connectivity index (χ1) is 9.94. The number of carboxylic acid groups (broad SMARTS) is 1. The van der Waals surface area contributed by atoms with Gasteiger partial charge in [0.2, 0.25) is 15.8 Å². The molecular formula is C13H13NO6S. The molecule has 0 aliphatic rings. The van der Waals surface area contributed by atoms with Gasteiger partial charge < -0.3 is 14.3 Å². The van der Waals surface area contributed by atoms with Crippen LogP contribution in [0.3, 0.4) is 0 Å². The van der Waals surface area contributed by atoms with Crippen LogP contribution < -0.4 is 9.46 Å². The van der Waals surface area contributed by atoms with Gasteiger partial charge in [0, 0.05) is 0 Å². The number of carbonyl (C=O) groups is 1. The van der Waals surface area contributed by atoms with Gasteiger partial charge in [0.05, 0.1) is 13.7 Å². The molecule has 0 saturated carbocycles. The van der Waals surface area contributed by atoms with E-state index in [9.17, 15) is 13.2 Å². The number of furan rings is 1. The maximum Gasteiger partial charge on any atom is 0.371 e. The summed E-state index contributed by atoms with van der Waals surface area (Å²) in [6.07, 6.45) is 0. The molecule has 2 aromatic rings. The highest BCUT2D eigenvalue weighted by molar-refractivity contribution is 7.89. The first-order valence-corrected chi connectivity index (χ1v) is 7.37. The summed E-state index contributed by atoms with van der Waals surface area (Å²) in [5.41, 5.74) is 0. The predicted octanol–water partition coefficient (Wildman–Crippen LogP) is 1.46. The Hall–Kier alpha value is -2.32. The minimum absolute atomic E-state index is 0.00230. The van der Waals surface area contributed by atoms with E-state index in [1.165, 1.54) is 31.4 Å². The second kappa shape index (κ2) is 5.98. The average molecular weight is 311 g/mol. The van der Waals surface area contributed by atoms with Gasteiger partial charge in [-0.2, -0.15) is 0 Å². The van der Waals surface area contributed by atoms with E-state index < -0.39 is 16.0 Å². The van der Waals surface area contributed by atoms with E-state index in [1.54, 1.807) is 12.1 Å². The fourth-order valence-electron chi connectivity index (χ4n) is 1.67. The molecule has 0 aliphatic heterocycles. The fraction of sp³-hybridized carbons (Fsp3) is 0.154. The molecule has 2 rings (SSSR count). The van der Waals surface area contributed by atoms with Crippen LogP contribution in [-0.4, -0.2) is 26.6 Å². The van der Waals surface area contributed by atoms with Gasteiger partial charge in [0.1, 0.15) is 16.4 Å². The molecule has 2 N–H and O–H groups in total. The van der Waals surface area contributed by atoms with Crippen molar-refractivity contribution in [2.75, 3.05) is 7.11 Å². The summed E-state index contributed by atoms with van der Waals surface area (Å²) in [6.45, 7) is -0.159. The van der Waals surface area contributed by atoms with Crippen molar-refractivity contribution in [3.63, 3.8) is 0 Å². The minimum Gasteiger partial charge on any atom is -0.495 e. The van der Waals surface area contributed by atoms with Crippen molar-refractivity contribution in [3.05, 3.63) is 47.9 Å². The lowest BCUT2D eigenvalue weighted by Gasteiger charge is -2.09. The molecule has 21 heavy (non-hydrogen) atoms. The minimum atomic E-state index is -3.79. The molecule has 7 nitrogen and oxygen atoms in total. The average Bonchev–Trinajstić information content (AvgIpc) is 2.94. The number of methoxy groups -OCH3 is 1. The van der Waals surface area contributed by atoms with E-state index in [0.717, 1.165) is 0 Å². The number of ether oxygens (including phenoxy) is 1. The molecule has 1 aromatic heterocycles. The molecule has 0 spiro atoms. The number of hydrogen-bond acceptors (Lipinski definition) is 5. The van der Waals surface area contributed by atoms with E-state index >= 15 is 0 Å². The van der Waals surface area contributed by atoms with Crippen LogP contribution in [0.5, 0.6) is 5.75 Å². The van der Waals surface area contributed by atoms with Gasteiger partial charge in [-0.1, -0.05) is 12.1 Å². The third-order valence-corrected chi connectivity index (χ3v) is 4.11. The first kappa shape index (κ1) is 15.1. The van der Waals surface area contributed by atoms with Crippen molar-refractivity contribution in [1.82, 2.24) is 4.72 Å². The Kier molecular flexibility index (Phi) is 4.29. The lowest BCUT2D eigenvalue weighted by atomic mass is 10.3. The molecule has 0 radical (unpaired) electrons. The van der Waals surface area contributed by atoms with Crippen molar-refractivity contribution in [1.29, 1.82) is 0 Å². The Morgan fingerprint density at radius 1 is 1.29 bits per heavy atom. The van der Waals surface area contributed by atoms with Crippen molar-refractivity contribution >= 4 is 16.0 Å². The number of para-hydroxylation sites is 1. The summed E-state index contributed by atoms with van der Waals surface area (Å²) in [7, 11) is -2.42. The van der Waals surface area contributed by atoms with E-state index in [0.29, 0.717) is 0 Å². The number of hydrogen-bond donors (Lipinski definition) is 2. The van der Waals surface area contributed by atoms with Crippen molar-refractivity contribution in [2.24, 2.45) is 0 Å². The largest absolute Gasteiger partial charge is 0.495 e. The van der Waals surface area contributed by atoms with Crippen molar-refractivity contribution in [2.45, 2.75) is 11.4 Å². The molecule has 0 saturated heterocycles. The lowest BCUT2D eigenvalue weighted by molar-refractivity contribution is 0.0660. The summed E-state index contributed by atoms with van der Waals surface area (Å²) in [5, 5.41) is 8.72. The Morgan fingerprint density at radius 3 is 2.62 bits per heavy atom. The smallest absolute Gasteiger partial charge is 0.371 e. The van der Waals surface area contributed by atoms with Crippen LogP contribution in [0.4, 0.5) is 0 Å². The third kappa shape index (κ3) is 3.41. The highest BCUT2D eigenvalue weighted by Crippen LogP contribution is 2.22. The van der Waals surface area contributed by atoms with Gasteiger partial charge >= 0.3 is 5.97 Å². The second-order valence-electron chi connectivity index (χ2n) is 4.05. The van der Waals surface area contributed by atoms with E-state index in [-0.39, 0.29) is 28.7 Å². The van der Waals surface area contributed by atoms with Crippen LogP contribution in [0.25, 0.3) is 0 Å². The van der Waals surface area contributed by atoms with E-state index in [1.807, 2.05) is 0 Å². The molecule has 0 bridgehead atoms. The Morgan fingerprint density at radius 2 is 2.00 bits per heavy atom. The van der Waals surface area contributed by atoms with Gasteiger partial charge in [-0.05, 0) is 24.3 Å². The third-order valence-electron chi connectivity index (χ3n) is 2.67. The summed E-state index contributed by atoms with van der Waals surface area (Å²) in [5.74, 6) is -1.04. The highest BCUT2D eigenvalue weighted by Gasteiger charge is 2.19. The molecule has 0 atom stereocenters. The van der Waals surface area contributed by atoms with Gasteiger partial charge in [0.25, 0.3) is 0 Å². The van der Waals surface area contributed by atoms with Crippen LogP contribution in [0.15, 0.2) is 45.7 Å². The normalized spacial score (nSPS) is 11.3. The maximum atomic E-state index is 12.2. The molecule has 0 aliphatic carbocycles. The number of benzene rings is 1. The zero-order valence-electron chi connectivity index (χ0n) is 11.1. The summed E-state index contributed by atoms with van der Waals surface area (Å²) < 4.78 is 36.7. The van der Waals surface area contributed by atoms with Crippen LogP contribution >= 0.6 is 0 Å². The highest BCUT2D eigenvalue weighted by atomic mass is 32.2. The Bertz CT molecular complexity index is 750. The van der Waals surface area contributed by atoms with E-state index in [2.05, 4.69) is 4.72 Å². The number of sulfonamides is 1. The first-order valence-electron chi connectivity index (χ1n) is 5.89. The topological polar surface area (TPSA) is 106 Å². The summed E-state index contributed by atoms with van der Waals surface area (Å²) >= 11 is 0. The number of aromatic carboxylic acids is 1. The predicted molar refractivity (Wildman–Crippen MR) is 72.7 cm³/mol. The molecular weight excluding hydrogens is 298 g/mol. The molecule has 0 fully saturated rings. The van der Waals surface area contributed by atoms with Crippen molar-refractivity contribution < 1.29 is 27.5 Å². The van der Waals surface area contributed by atoms with Gasteiger partial charge in [-0.3, -0.25) is 0 Å². The van der Waals surface area contributed by atoms with Gasteiger partial charge in [-0.25, -0.2) is 17.9 Å². The molecule has 112 valence electrons. The number of rotatable bonds is 6. The Balaban J connectivity index is 2.15. The molecule has 8 heteroatoms. The summed E-state index contributed by atoms with van der Waals surface area (Å²) in [6, 6.07) is 8.83. The lowest BCUT2D eigenvalue weighted by Crippen LogP contribution is -2.23. The number of nitrogens with one attached hydrogen (secondary N) is 1. The monoisotopic (exact) mass is 311 g/mol. The molecule has 0 unspecified atom stereocenters. The van der Waals surface area contributed by atoms with Crippen LogP contribution in [0, 0.1) is 0 Å². The Labute approximate surface area is 121 Å². The number of carboxylic acids is 1. The standard InChI is InChI=1S/C13H13NO6S/c1-19-10-4-2-3-5-12(10)21(17,18)14-8-9-6-7-11(20-9)13(15)16/h2-7,14H,8H2,1H3,(H,15,16). The van der Waals surface area contributed by atoms with Crippen LogP contribution in [-0.2, 0) is 16.6 Å². The SMILES string of the molecule is COc1ccccc1S(=O)(=O)NCc1ccc(C(=O)O)o1. The fourth-order valence-corrected chi connectivity index (χ4v) is 2.83. The summed E-state index contributed by atoms with van der Waals surface area (Å²) in [4.78, 5) is 10.7. The van der Waals surface area contributed by atoms with Crippen LogP contribution in [0.2, 0.25) is 0 Å². The zero-order chi connectivity index (χ0) is 15.5. The van der Waals surface area contributed by atoms with Crippen molar-refractivity contribution in [3.8, 4) is 5.75 Å². The quantitative estimate of drug-likeness (QED) is 0.836. The second-order valence-corrected chi connectivity index (χ2v) is 5.78. The van der Waals surface area contributed by atoms with Gasteiger partial charge in [-0.15, -0.1) is 0 Å². The molecule has 1 aromatic carbocycles. The molecule has 0 amide bonds. The van der Waals surface area contributed by atoms with Gasteiger partial charge in [0.15, 0.2) is 0 Å². The van der Waals surface area contributed by atoms with Crippen LogP contribution in [0.1, 0.15) is 16.3 Å². The van der Waals surface area contributed by atoms with E-state index in [4.69, 9.17) is 14.3 Å². The zero-order valence-corrected chi connectivity index (χ0v) is 11.9.